The molecule has 2 aliphatic heterocycles. The summed E-state index contributed by atoms with van der Waals surface area (Å²) >= 11 is 0. The van der Waals surface area contributed by atoms with E-state index in [4.69, 9.17) is 0 Å². The lowest BCUT2D eigenvalue weighted by atomic mass is 9.90. The van der Waals surface area contributed by atoms with Crippen molar-refractivity contribution in [3.8, 4) is 0 Å². The maximum absolute atomic E-state index is 12.6. The van der Waals surface area contributed by atoms with Crippen LogP contribution in [0.2, 0.25) is 0 Å². The van der Waals surface area contributed by atoms with Crippen LogP contribution in [0.25, 0.3) is 0 Å². The number of carbonyl (C=O) groups excluding carboxylic acids is 1. The molecule has 1 aromatic heterocycles. The van der Waals surface area contributed by atoms with E-state index in [0.717, 1.165) is 19.6 Å². The molecule has 0 bridgehead atoms. The SMILES string of the molecule is CN1C[C@H]2CN(C(=O)c3cccnn3)C[C@H]2[C@@H]1c1ccccc1.Cl. The third-order valence-corrected chi connectivity index (χ3v) is 5.11. The van der Waals surface area contributed by atoms with Gasteiger partial charge in [0.15, 0.2) is 5.69 Å². The molecule has 0 saturated carbocycles. The Balaban J connectivity index is 0.00000169. The van der Waals surface area contributed by atoms with Crippen LogP contribution in [0.5, 0.6) is 0 Å². The Hall–Kier alpha value is -1.98. The van der Waals surface area contributed by atoms with Gasteiger partial charge in [0.25, 0.3) is 5.91 Å². The lowest BCUT2D eigenvalue weighted by Crippen LogP contribution is -2.33. The van der Waals surface area contributed by atoms with Crippen molar-refractivity contribution < 1.29 is 4.79 Å². The molecule has 1 aromatic carbocycles. The quantitative estimate of drug-likeness (QED) is 0.838. The van der Waals surface area contributed by atoms with Gasteiger partial charge in [0.05, 0.1) is 0 Å². The van der Waals surface area contributed by atoms with E-state index in [2.05, 4.69) is 52.5 Å². The fraction of sp³-hybridized carbons (Fsp3) is 0.389. The van der Waals surface area contributed by atoms with Crippen LogP contribution in [-0.4, -0.2) is 52.6 Å². The summed E-state index contributed by atoms with van der Waals surface area (Å²) in [5.41, 5.74) is 1.79. The molecular weight excluding hydrogens is 324 g/mol. The highest BCUT2D eigenvalue weighted by molar-refractivity contribution is 5.92. The first-order chi connectivity index (χ1) is 11.2. The van der Waals surface area contributed by atoms with Crippen molar-refractivity contribution in [3.05, 3.63) is 59.9 Å². The Morgan fingerprint density at radius 3 is 2.58 bits per heavy atom. The number of carbonyl (C=O) groups is 1. The molecule has 24 heavy (non-hydrogen) atoms. The first kappa shape index (κ1) is 16.9. The highest BCUT2D eigenvalue weighted by atomic mass is 35.5. The molecule has 2 aliphatic rings. The van der Waals surface area contributed by atoms with Gasteiger partial charge in [0.1, 0.15) is 0 Å². The third kappa shape index (κ3) is 2.89. The molecule has 6 heteroatoms. The Morgan fingerprint density at radius 1 is 1.08 bits per heavy atom. The number of fused-ring (bicyclic) bond motifs is 1. The van der Waals surface area contributed by atoms with Gasteiger partial charge in [-0.05, 0) is 30.7 Å². The second-order valence-corrected chi connectivity index (χ2v) is 6.54. The molecule has 0 N–H and O–H groups in total. The van der Waals surface area contributed by atoms with E-state index in [0.29, 0.717) is 23.6 Å². The molecule has 0 unspecified atom stereocenters. The normalized spacial score (nSPS) is 26.0. The van der Waals surface area contributed by atoms with Crippen LogP contribution < -0.4 is 0 Å². The lowest BCUT2D eigenvalue weighted by molar-refractivity contribution is 0.0761. The molecule has 5 nitrogen and oxygen atoms in total. The number of rotatable bonds is 2. The molecule has 2 fully saturated rings. The maximum Gasteiger partial charge on any atom is 0.274 e. The number of aromatic nitrogens is 2. The van der Waals surface area contributed by atoms with Gasteiger partial charge in [0.2, 0.25) is 0 Å². The topological polar surface area (TPSA) is 49.3 Å². The average molecular weight is 345 g/mol. The standard InChI is InChI=1S/C18H20N4O.ClH/c1-21-10-14-11-22(18(23)16-8-5-9-19-20-16)12-15(14)17(21)13-6-3-2-4-7-13;/h2-9,14-15,17H,10-12H2,1H3;1H/t14-,15+,17-;/m0./s1. The zero-order valence-electron chi connectivity index (χ0n) is 13.6. The zero-order valence-corrected chi connectivity index (χ0v) is 14.4. The molecule has 2 saturated heterocycles. The number of nitrogens with zero attached hydrogens (tertiary/aromatic N) is 4. The number of hydrogen-bond acceptors (Lipinski definition) is 4. The van der Waals surface area contributed by atoms with E-state index in [-0.39, 0.29) is 18.3 Å². The Bertz CT molecular complexity index is 697. The summed E-state index contributed by atoms with van der Waals surface area (Å²) in [4.78, 5) is 17.0. The van der Waals surface area contributed by atoms with Gasteiger partial charge in [0, 0.05) is 37.8 Å². The predicted molar refractivity (Wildman–Crippen MR) is 94.0 cm³/mol. The Labute approximate surface area is 148 Å². The van der Waals surface area contributed by atoms with Gasteiger partial charge in [-0.2, -0.15) is 5.10 Å². The smallest absolute Gasteiger partial charge is 0.274 e. The van der Waals surface area contributed by atoms with Crippen LogP contribution in [0.1, 0.15) is 22.1 Å². The summed E-state index contributed by atoms with van der Waals surface area (Å²) < 4.78 is 0. The van der Waals surface area contributed by atoms with Gasteiger partial charge in [-0.1, -0.05) is 30.3 Å². The Morgan fingerprint density at radius 2 is 1.88 bits per heavy atom. The minimum Gasteiger partial charge on any atom is -0.337 e. The van der Waals surface area contributed by atoms with Crippen LogP contribution >= 0.6 is 12.4 Å². The van der Waals surface area contributed by atoms with Gasteiger partial charge < -0.3 is 4.90 Å². The Kier molecular flexibility index (Phi) is 4.83. The molecule has 0 radical (unpaired) electrons. The largest absolute Gasteiger partial charge is 0.337 e. The van der Waals surface area contributed by atoms with Crippen molar-refractivity contribution in [2.24, 2.45) is 11.8 Å². The van der Waals surface area contributed by atoms with Crippen molar-refractivity contribution in [2.45, 2.75) is 6.04 Å². The van der Waals surface area contributed by atoms with E-state index in [1.807, 2.05) is 4.90 Å². The highest BCUT2D eigenvalue weighted by Crippen LogP contribution is 2.44. The van der Waals surface area contributed by atoms with E-state index < -0.39 is 0 Å². The number of halogens is 1. The van der Waals surface area contributed by atoms with Crippen molar-refractivity contribution >= 4 is 18.3 Å². The molecule has 0 aliphatic carbocycles. The molecule has 0 spiro atoms. The minimum absolute atomic E-state index is 0. The van der Waals surface area contributed by atoms with E-state index in [1.165, 1.54) is 5.56 Å². The zero-order chi connectivity index (χ0) is 15.8. The minimum atomic E-state index is 0. The maximum atomic E-state index is 12.6. The van der Waals surface area contributed by atoms with Gasteiger partial charge >= 0.3 is 0 Å². The van der Waals surface area contributed by atoms with E-state index in [1.54, 1.807) is 18.3 Å². The van der Waals surface area contributed by atoms with Gasteiger partial charge in [-0.15, -0.1) is 17.5 Å². The fourth-order valence-corrected chi connectivity index (χ4v) is 4.15. The predicted octanol–water partition coefficient (Wildman–Crippen LogP) is 2.27. The molecule has 4 rings (SSSR count). The van der Waals surface area contributed by atoms with Crippen molar-refractivity contribution in [1.29, 1.82) is 0 Å². The third-order valence-electron chi connectivity index (χ3n) is 5.11. The summed E-state index contributed by atoms with van der Waals surface area (Å²) in [5.74, 6) is 1.02. The lowest BCUT2D eigenvalue weighted by Gasteiger charge is -2.26. The number of hydrogen-bond donors (Lipinski definition) is 0. The molecule has 2 aromatic rings. The number of amides is 1. The monoisotopic (exact) mass is 344 g/mol. The highest BCUT2D eigenvalue weighted by Gasteiger charge is 2.47. The summed E-state index contributed by atoms with van der Waals surface area (Å²) in [6.07, 6.45) is 1.59. The van der Waals surface area contributed by atoms with Crippen molar-refractivity contribution in [1.82, 2.24) is 20.0 Å². The summed E-state index contributed by atoms with van der Waals surface area (Å²) in [7, 11) is 2.19. The summed E-state index contributed by atoms with van der Waals surface area (Å²) in [5, 5.41) is 7.78. The van der Waals surface area contributed by atoms with E-state index in [9.17, 15) is 4.79 Å². The molecule has 126 valence electrons. The van der Waals surface area contributed by atoms with E-state index >= 15 is 0 Å². The molecule has 3 heterocycles. The number of benzene rings is 1. The second kappa shape index (κ2) is 6.87. The molecule has 1 amide bonds. The van der Waals surface area contributed by atoms with Crippen molar-refractivity contribution in [2.75, 3.05) is 26.7 Å². The summed E-state index contributed by atoms with van der Waals surface area (Å²) in [6.45, 7) is 2.65. The van der Waals surface area contributed by atoms with Crippen LogP contribution in [0.3, 0.4) is 0 Å². The van der Waals surface area contributed by atoms with Crippen LogP contribution in [-0.2, 0) is 0 Å². The molecule has 3 atom stereocenters. The first-order valence-corrected chi connectivity index (χ1v) is 8.06. The summed E-state index contributed by atoms with van der Waals surface area (Å²) in [6, 6.07) is 14.5. The van der Waals surface area contributed by atoms with Crippen LogP contribution in [0.15, 0.2) is 48.7 Å². The van der Waals surface area contributed by atoms with Crippen molar-refractivity contribution in [3.63, 3.8) is 0 Å². The fourth-order valence-electron chi connectivity index (χ4n) is 4.15. The first-order valence-electron chi connectivity index (χ1n) is 8.06. The second-order valence-electron chi connectivity index (χ2n) is 6.54. The number of likely N-dealkylation sites (tertiary alicyclic amines) is 2. The van der Waals surface area contributed by atoms with Gasteiger partial charge in [-0.25, -0.2) is 0 Å². The van der Waals surface area contributed by atoms with Gasteiger partial charge in [-0.3, -0.25) is 9.69 Å². The molecular formula is C18H21ClN4O. The average Bonchev–Trinajstić information content (AvgIpc) is 3.12. The van der Waals surface area contributed by atoms with Crippen LogP contribution in [0, 0.1) is 11.8 Å². The van der Waals surface area contributed by atoms with Crippen LogP contribution in [0.4, 0.5) is 0 Å².